The summed E-state index contributed by atoms with van der Waals surface area (Å²) in [7, 11) is 0. The largest absolute Gasteiger partial charge is 0.458 e. The monoisotopic (exact) mass is 434 g/mol. The molecule has 0 aromatic carbocycles. The molecule has 0 aromatic rings. The second kappa shape index (κ2) is 9.29. The average Bonchev–Trinajstić information content (AvgIpc) is 2.85. The predicted molar refractivity (Wildman–Crippen MR) is 119 cm³/mol. The first-order valence-corrected chi connectivity index (χ1v) is 11.1. The lowest BCUT2D eigenvalue weighted by Crippen LogP contribution is -2.54. The molecule has 2 aliphatic carbocycles. The molecule has 0 saturated heterocycles. The Kier molecular flexibility index (Phi) is 7.59. The summed E-state index contributed by atoms with van der Waals surface area (Å²) in [4.78, 5) is 25.3. The van der Waals surface area contributed by atoms with Gasteiger partial charge in [0.1, 0.15) is 12.2 Å². The van der Waals surface area contributed by atoms with E-state index in [0.29, 0.717) is 17.6 Å². The number of rotatable bonds is 5. The van der Waals surface area contributed by atoms with Crippen molar-refractivity contribution < 1.29 is 29.3 Å². The van der Waals surface area contributed by atoms with E-state index < -0.39 is 47.2 Å². The van der Waals surface area contributed by atoms with Gasteiger partial charge >= 0.3 is 11.9 Å². The zero-order chi connectivity index (χ0) is 23.7. The van der Waals surface area contributed by atoms with Gasteiger partial charge in [0.2, 0.25) is 0 Å². The van der Waals surface area contributed by atoms with Crippen LogP contribution in [0.15, 0.2) is 34.9 Å². The molecule has 3 unspecified atom stereocenters. The molecule has 0 amide bonds. The van der Waals surface area contributed by atoms with Gasteiger partial charge in [0.05, 0.1) is 11.7 Å². The molecule has 1 fully saturated rings. The van der Waals surface area contributed by atoms with Crippen LogP contribution in [0.25, 0.3) is 0 Å². The predicted octanol–water partition coefficient (Wildman–Crippen LogP) is 3.87. The highest BCUT2D eigenvalue weighted by Crippen LogP contribution is 2.58. The van der Waals surface area contributed by atoms with Gasteiger partial charge in [-0.25, -0.2) is 9.59 Å². The summed E-state index contributed by atoms with van der Waals surface area (Å²) in [5, 5.41) is 23.0. The molecule has 0 aliphatic heterocycles. The van der Waals surface area contributed by atoms with Crippen molar-refractivity contribution in [3.63, 3.8) is 0 Å². The van der Waals surface area contributed by atoms with E-state index in [1.54, 1.807) is 39.8 Å². The first-order chi connectivity index (χ1) is 14.3. The fraction of sp³-hybridized carbons (Fsp3) is 0.680. The minimum atomic E-state index is -1.29. The molecular weight excluding hydrogens is 396 g/mol. The van der Waals surface area contributed by atoms with Crippen LogP contribution in [-0.4, -0.2) is 46.1 Å². The van der Waals surface area contributed by atoms with Gasteiger partial charge in [0.15, 0.2) is 0 Å². The fourth-order valence-electron chi connectivity index (χ4n) is 4.97. The Hall–Kier alpha value is -1.92. The van der Waals surface area contributed by atoms with Gasteiger partial charge in [-0.15, -0.1) is 0 Å². The van der Waals surface area contributed by atoms with Crippen LogP contribution in [-0.2, 0) is 19.1 Å². The molecule has 6 atom stereocenters. The van der Waals surface area contributed by atoms with Crippen molar-refractivity contribution in [2.24, 2.45) is 17.3 Å². The minimum Gasteiger partial charge on any atom is -0.458 e. The maximum atomic E-state index is 12.7. The Labute approximate surface area is 186 Å². The molecule has 6 heteroatoms. The second-order valence-electron chi connectivity index (χ2n) is 9.64. The van der Waals surface area contributed by atoms with E-state index in [0.717, 1.165) is 5.57 Å². The second-order valence-corrected chi connectivity index (χ2v) is 9.64. The van der Waals surface area contributed by atoms with E-state index in [9.17, 15) is 19.8 Å². The lowest BCUT2D eigenvalue weighted by atomic mass is 9.66. The Morgan fingerprint density at radius 2 is 1.65 bits per heavy atom. The quantitative estimate of drug-likeness (QED) is 0.388. The molecule has 1 saturated carbocycles. The number of ether oxygens (including phenoxy) is 2. The summed E-state index contributed by atoms with van der Waals surface area (Å²) >= 11 is 0. The normalized spacial score (nSPS) is 36.5. The smallest absolute Gasteiger partial charge is 0.333 e. The number of aliphatic hydroxyl groups is 2. The third kappa shape index (κ3) is 4.51. The van der Waals surface area contributed by atoms with Gasteiger partial charge in [-0.05, 0) is 46.6 Å². The molecule has 0 spiro atoms. The first-order valence-electron chi connectivity index (χ1n) is 11.1. The molecule has 2 N–H and O–H groups in total. The summed E-state index contributed by atoms with van der Waals surface area (Å²) in [5.41, 5.74) is -0.503. The zero-order valence-corrected chi connectivity index (χ0v) is 20.1. The number of esters is 2. The summed E-state index contributed by atoms with van der Waals surface area (Å²) in [5.74, 6) is -1.75. The van der Waals surface area contributed by atoms with Crippen molar-refractivity contribution in [2.45, 2.75) is 92.1 Å². The Balaban J connectivity index is 2.61. The Morgan fingerprint density at radius 3 is 2.13 bits per heavy atom. The van der Waals surface area contributed by atoms with Crippen molar-refractivity contribution in [3.8, 4) is 0 Å². The van der Waals surface area contributed by atoms with Gasteiger partial charge in [-0.2, -0.15) is 0 Å². The number of aliphatic hydroxyl groups excluding tert-OH is 1. The summed E-state index contributed by atoms with van der Waals surface area (Å²) in [6.07, 6.45) is 3.32. The number of fused-ring (bicyclic) bond motifs is 1. The van der Waals surface area contributed by atoms with Gasteiger partial charge in [-0.1, -0.05) is 38.5 Å². The summed E-state index contributed by atoms with van der Waals surface area (Å²) in [6, 6.07) is 0. The number of carbonyl (C=O) groups excluding carboxylic acids is 2. The highest BCUT2D eigenvalue weighted by Gasteiger charge is 2.67. The van der Waals surface area contributed by atoms with Crippen LogP contribution in [0.1, 0.15) is 68.2 Å². The minimum absolute atomic E-state index is 0.117. The lowest BCUT2D eigenvalue weighted by Gasteiger charge is -2.45. The van der Waals surface area contributed by atoms with Crippen LogP contribution in [0.5, 0.6) is 0 Å². The van der Waals surface area contributed by atoms with Crippen molar-refractivity contribution in [1.29, 1.82) is 0 Å². The molecule has 6 nitrogen and oxygen atoms in total. The fourth-order valence-corrected chi connectivity index (χ4v) is 4.97. The number of allylic oxidation sites excluding steroid dienone is 2. The number of hydrogen-bond donors (Lipinski definition) is 2. The van der Waals surface area contributed by atoms with Crippen LogP contribution in [0.3, 0.4) is 0 Å². The highest BCUT2D eigenvalue weighted by molar-refractivity contribution is 5.88. The van der Waals surface area contributed by atoms with Crippen molar-refractivity contribution in [3.05, 3.63) is 34.9 Å². The van der Waals surface area contributed by atoms with E-state index >= 15 is 0 Å². The van der Waals surface area contributed by atoms with Gasteiger partial charge < -0.3 is 19.7 Å². The van der Waals surface area contributed by atoms with Crippen LogP contribution in [0, 0.1) is 17.3 Å². The van der Waals surface area contributed by atoms with Gasteiger partial charge in [0, 0.05) is 35.3 Å². The zero-order valence-electron chi connectivity index (χ0n) is 20.1. The van der Waals surface area contributed by atoms with Gasteiger partial charge in [-0.3, -0.25) is 0 Å². The molecule has 2 aliphatic rings. The number of hydrogen-bond acceptors (Lipinski definition) is 6. The molecule has 0 aromatic heterocycles. The van der Waals surface area contributed by atoms with Crippen LogP contribution in [0.2, 0.25) is 0 Å². The van der Waals surface area contributed by atoms with Crippen LogP contribution in [0.4, 0.5) is 0 Å². The molecular formula is C25H38O6. The molecule has 174 valence electrons. The molecule has 0 radical (unpaired) electrons. The van der Waals surface area contributed by atoms with E-state index in [1.807, 2.05) is 33.8 Å². The van der Waals surface area contributed by atoms with E-state index in [4.69, 9.17) is 9.47 Å². The van der Waals surface area contributed by atoms with Crippen molar-refractivity contribution >= 4 is 11.9 Å². The topological polar surface area (TPSA) is 93.1 Å². The summed E-state index contributed by atoms with van der Waals surface area (Å²) in [6.45, 7) is 14.4. The average molecular weight is 435 g/mol. The third-order valence-corrected chi connectivity index (χ3v) is 7.39. The first kappa shape index (κ1) is 25.3. The molecule has 0 bridgehead atoms. The molecule has 2 rings (SSSR count). The van der Waals surface area contributed by atoms with Crippen LogP contribution >= 0.6 is 0 Å². The maximum Gasteiger partial charge on any atom is 0.333 e. The Morgan fingerprint density at radius 1 is 1.13 bits per heavy atom. The molecule has 0 heterocycles. The number of carbonyl (C=O) groups is 2. The summed E-state index contributed by atoms with van der Waals surface area (Å²) < 4.78 is 11.8. The maximum absolute atomic E-state index is 12.7. The lowest BCUT2D eigenvalue weighted by molar-refractivity contribution is -0.177. The van der Waals surface area contributed by atoms with E-state index in [1.165, 1.54) is 0 Å². The Bertz CT molecular complexity index is 807. The van der Waals surface area contributed by atoms with Crippen molar-refractivity contribution in [1.82, 2.24) is 0 Å². The highest BCUT2D eigenvalue weighted by atomic mass is 16.6. The molecule has 31 heavy (non-hydrogen) atoms. The van der Waals surface area contributed by atoms with E-state index in [2.05, 4.69) is 0 Å². The van der Waals surface area contributed by atoms with Crippen LogP contribution < -0.4 is 0 Å². The third-order valence-electron chi connectivity index (χ3n) is 7.39. The van der Waals surface area contributed by atoms with Gasteiger partial charge in [0.25, 0.3) is 0 Å². The van der Waals surface area contributed by atoms with Crippen molar-refractivity contribution in [2.75, 3.05) is 0 Å². The standard InChI is InChI=1S/C25H38O6/c1-9-16(6)22(27)30-18-11-15(5)12-20(31-23(28)17(7)10-2)24(8)19(26)13-25(29,14(3)4)21(18)24/h9-10,12,14,18-21,26,29H,11,13H2,1-8H3/b16-9-,17-10-/t18?,19-,20?,21?,24-,25-/m1/s1. The van der Waals surface area contributed by atoms with E-state index in [-0.39, 0.29) is 12.3 Å². The SMILES string of the molecule is C/C=C(/C)C(=O)OC1CC(C)=CC(OC(=O)/C(C)=C\C)[C@]2(C)C1[C@](O)(C(C)C)C[C@H]2O.